The lowest BCUT2D eigenvalue weighted by Gasteiger charge is -2.46. The van der Waals surface area contributed by atoms with Gasteiger partial charge in [-0.05, 0) is 53.6 Å². The van der Waals surface area contributed by atoms with E-state index in [9.17, 15) is 18.0 Å². The monoisotopic (exact) mass is 670 g/mol. The van der Waals surface area contributed by atoms with Gasteiger partial charge in [0, 0.05) is 39.2 Å². The summed E-state index contributed by atoms with van der Waals surface area (Å²) in [5, 5.41) is 7.06. The second kappa shape index (κ2) is 12.2. The molecular formula is C32H32Cl2N2O6SSi. The highest BCUT2D eigenvalue weighted by molar-refractivity contribution is 7.85. The predicted octanol–water partition coefficient (Wildman–Crippen LogP) is 5.81. The summed E-state index contributed by atoms with van der Waals surface area (Å²) in [6, 6.07) is 16.9. The van der Waals surface area contributed by atoms with Gasteiger partial charge in [0.1, 0.15) is 32.5 Å². The molecule has 3 atom stereocenters. The predicted molar refractivity (Wildman–Crippen MR) is 174 cm³/mol. The van der Waals surface area contributed by atoms with E-state index in [4.69, 9.17) is 32.1 Å². The molecule has 12 heteroatoms. The van der Waals surface area contributed by atoms with Gasteiger partial charge in [-0.25, -0.2) is 0 Å². The Morgan fingerprint density at radius 1 is 1.00 bits per heavy atom. The van der Waals surface area contributed by atoms with Crippen LogP contribution in [-0.2, 0) is 29.3 Å². The van der Waals surface area contributed by atoms with Gasteiger partial charge in [-0.1, -0.05) is 67.0 Å². The molecule has 0 aromatic heterocycles. The molecule has 0 radical (unpaired) electrons. The average molecular weight is 672 g/mol. The highest BCUT2D eigenvalue weighted by Crippen LogP contribution is 2.58. The second-order valence-corrected chi connectivity index (χ2v) is 19.2. The van der Waals surface area contributed by atoms with Gasteiger partial charge in [-0.15, -0.1) is 5.54 Å². The van der Waals surface area contributed by atoms with E-state index in [-0.39, 0.29) is 31.4 Å². The number of piperidine rings is 1. The Morgan fingerprint density at radius 3 is 2.45 bits per heavy atom. The van der Waals surface area contributed by atoms with Crippen LogP contribution in [-0.4, -0.2) is 47.8 Å². The van der Waals surface area contributed by atoms with E-state index in [0.29, 0.717) is 38.2 Å². The van der Waals surface area contributed by atoms with Crippen molar-refractivity contribution in [2.45, 2.75) is 43.4 Å². The highest BCUT2D eigenvalue weighted by Gasteiger charge is 2.61. The first kappa shape index (κ1) is 32.1. The Morgan fingerprint density at radius 2 is 1.75 bits per heavy atom. The molecule has 3 aromatic rings. The number of ether oxygens (including phenoxy) is 1. The Hall–Kier alpha value is -3.33. The van der Waals surface area contributed by atoms with Crippen molar-refractivity contribution in [3.63, 3.8) is 0 Å². The molecule has 3 aromatic carbocycles. The number of hydrogen-bond acceptors (Lipinski definition) is 6. The molecule has 0 aliphatic carbocycles. The van der Waals surface area contributed by atoms with Crippen LogP contribution in [0.5, 0.6) is 5.75 Å². The fourth-order valence-electron chi connectivity index (χ4n) is 5.85. The zero-order valence-corrected chi connectivity index (χ0v) is 28.0. The van der Waals surface area contributed by atoms with Crippen LogP contribution >= 0.6 is 23.2 Å². The standard InChI is InChI=1S/C32H32Cl2N2O6SSi/c1-43(39,40)42-14-13-41-28-11-8-20(12-15-44(2,3)4)16-24(28)30-32(25-10-9-23(34)18-27(25)35-31(32)38)26(19-29(37)36-30)21-6-5-7-22(33)17-21/h5-11,16-18,26,30H,13-14,19H2,1-4H3,(H,35,38)(H,36,37)/t26-,30+,32-/m0/s1. The second-order valence-electron chi connectivity index (χ2n) is 12.0. The zero-order chi connectivity index (χ0) is 31.9. The first-order valence-corrected chi connectivity index (χ1v) is 20.1. The van der Waals surface area contributed by atoms with E-state index in [2.05, 4.69) is 41.7 Å². The van der Waals surface area contributed by atoms with Gasteiger partial charge in [0.2, 0.25) is 11.8 Å². The summed E-state index contributed by atoms with van der Waals surface area (Å²) in [5.41, 5.74) is 5.19. The van der Waals surface area contributed by atoms with Crippen molar-refractivity contribution in [2.75, 3.05) is 24.8 Å². The molecule has 1 saturated heterocycles. The van der Waals surface area contributed by atoms with Crippen molar-refractivity contribution in [2.24, 2.45) is 0 Å². The Labute approximate surface area is 268 Å². The van der Waals surface area contributed by atoms with Gasteiger partial charge >= 0.3 is 0 Å². The van der Waals surface area contributed by atoms with Crippen LogP contribution in [0.4, 0.5) is 5.69 Å². The summed E-state index contributed by atoms with van der Waals surface area (Å²) in [6.07, 6.45) is 0.990. The maximum atomic E-state index is 14.4. The molecule has 2 heterocycles. The lowest BCUT2D eigenvalue weighted by molar-refractivity contribution is -0.131. The molecule has 2 aliphatic rings. The van der Waals surface area contributed by atoms with E-state index in [1.54, 1.807) is 42.5 Å². The molecule has 2 N–H and O–H groups in total. The summed E-state index contributed by atoms with van der Waals surface area (Å²) in [7, 11) is -5.42. The first-order valence-electron chi connectivity index (χ1n) is 14.0. The third-order valence-electron chi connectivity index (χ3n) is 7.54. The Bertz CT molecular complexity index is 1820. The molecule has 1 spiro atoms. The normalized spacial score (nSPS) is 21.2. The van der Waals surface area contributed by atoms with E-state index >= 15 is 0 Å². The molecule has 1 fully saturated rings. The van der Waals surface area contributed by atoms with Crippen LogP contribution < -0.4 is 15.4 Å². The van der Waals surface area contributed by atoms with Crippen molar-refractivity contribution < 1.29 is 26.9 Å². The van der Waals surface area contributed by atoms with Gasteiger partial charge in [0.15, 0.2) is 0 Å². The molecule has 0 bridgehead atoms. The lowest BCUT2D eigenvalue weighted by atomic mass is 9.59. The number of benzene rings is 3. The minimum absolute atomic E-state index is 0.0276. The van der Waals surface area contributed by atoms with Crippen LogP contribution in [0.15, 0.2) is 60.7 Å². The van der Waals surface area contributed by atoms with Crippen LogP contribution in [0.3, 0.4) is 0 Å². The number of hydrogen-bond donors (Lipinski definition) is 2. The SMILES string of the molecule is C[Si](C)(C)C#Cc1ccc(OCCOS(C)(=O)=O)c([C@H]2NC(=O)C[C@@H](c3cccc(Cl)c3)[C@]23C(=O)Nc2cc(Cl)ccc23)c1. The Balaban J connectivity index is 1.73. The topological polar surface area (TPSA) is 111 Å². The molecule has 2 amide bonds. The van der Waals surface area contributed by atoms with E-state index < -0.39 is 35.6 Å². The van der Waals surface area contributed by atoms with E-state index in [1.807, 2.05) is 18.2 Å². The Kier molecular flexibility index (Phi) is 8.91. The summed E-state index contributed by atoms with van der Waals surface area (Å²) >= 11 is 12.8. The molecular weight excluding hydrogens is 639 g/mol. The third kappa shape index (κ3) is 6.67. The van der Waals surface area contributed by atoms with Crippen LogP contribution in [0.2, 0.25) is 29.7 Å². The first-order chi connectivity index (χ1) is 20.7. The fourth-order valence-corrected chi connectivity index (χ4v) is 7.11. The largest absolute Gasteiger partial charge is 0.491 e. The van der Waals surface area contributed by atoms with Gasteiger partial charge < -0.3 is 15.4 Å². The number of nitrogens with one attached hydrogen (secondary N) is 2. The van der Waals surface area contributed by atoms with Crippen molar-refractivity contribution in [3.05, 3.63) is 93.0 Å². The third-order valence-corrected chi connectivity index (χ3v) is 9.48. The van der Waals surface area contributed by atoms with E-state index in [0.717, 1.165) is 11.8 Å². The highest BCUT2D eigenvalue weighted by atomic mass is 35.5. The summed E-state index contributed by atoms with van der Waals surface area (Å²) < 4.78 is 34.0. The van der Waals surface area contributed by atoms with Crippen LogP contribution in [0, 0.1) is 11.5 Å². The van der Waals surface area contributed by atoms with Crippen LogP contribution in [0.1, 0.15) is 40.6 Å². The minimum Gasteiger partial charge on any atom is -0.491 e. The fraction of sp³-hybridized carbons (Fsp3) is 0.312. The summed E-state index contributed by atoms with van der Waals surface area (Å²) in [6.45, 7) is 6.10. The number of amides is 2. The number of fused-ring (bicyclic) bond motifs is 2. The van der Waals surface area contributed by atoms with Gasteiger partial charge in [0.05, 0.1) is 12.3 Å². The maximum absolute atomic E-state index is 14.4. The van der Waals surface area contributed by atoms with Crippen molar-refractivity contribution in [1.29, 1.82) is 0 Å². The zero-order valence-electron chi connectivity index (χ0n) is 24.7. The average Bonchev–Trinajstić information content (AvgIpc) is 3.21. The van der Waals surface area contributed by atoms with Crippen molar-refractivity contribution in [3.8, 4) is 17.2 Å². The summed E-state index contributed by atoms with van der Waals surface area (Å²) in [4.78, 5) is 27.9. The van der Waals surface area contributed by atoms with Gasteiger partial charge in [-0.2, -0.15) is 8.42 Å². The lowest BCUT2D eigenvalue weighted by Crippen LogP contribution is -2.57. The number of rotatable bonds is 7. The minimum atomic E-state index is -3.67. The quantitative estimate of drug-likeness (QED) is 0.142. The van der Waals surface area contributed by atoms with E-state index in [1.165, 1.54) is 0 Å². The molecule has 44 heavy (non-hydrogen) atoms. The molecule has 5 rings (SSSR count). The maximum Gasteiger partial charge on any atom is 0.264 e. The molecule has 8 nitrogen and oxygen atoms in total. The molecule has 0 unspecified atom stereocenters. The van der Waals surface area contributed by atoms with Crippen LogP contribution in [0.25, 0.3) is 0 Å². The van der Waals surface area contributed by atoms with Gasteiger partial charge in [0.25, 0.3) is 10.1 Å². The number of carbonyl (C=O) groups is 2. The summed E-state index contributed by atoms with van der Waals surface area (Å²) in [5.74, 6) is 2.44. The molecule has 0 saturated carbocycles. The molecule has 2 aliphatic heterocycles. The number of halogens is 2. The van der Waals surface area contributed by atoms with Gasteiger partial charge in [-0.3, -0.25) is 13.8 Å². The van der Waals surface area contributed by atoms with Crippen molar-refractivity contribution >= 4 is 58.9 Å². The number of carbonyl (C=O) groups excluding carboxylic acids is 2. The van der Waals surface area contributed by atoms with Crippen molar-refractivity contribution in [1.82, 2.24) is 5.32 Å². The number of anilines is 1. The smallest absolute Gasteiger partial charge is 0.264 e. The molecule has 230 valence electrons.